The summed E-state index contributed by atoms with van der Waals surface area (Å²) in [6, 6.07) is 47.0. The summed E-state index contributed by atoms with van der Waals surface area (Å²) < 4.78 is 7.17. The van der Waals surface area contributed by atoms with E-state index < -0.39 is 32.5 Å². The maximum Gasteiger partial charge on any atom is 0.177 e. The molecular weight excluding hydrogens is 518 g/mol. The third kappa shape index (κ3) is 8.57. The van der Waals surface area contributed by atoms with Crippen LogP contribution in [0.25, 0.3) is 0 Å². The Labute approximate surface area is 229 Å². The Balaban J connectivity index is 1.58. The van der Waals surface area contributed by atoms with Crippen molar-refractivity contribution in [2.24, 2.45) is 0 Å². The molecule has 0 aromatic heterocycles. The zero-order valence-corrected chi connectivity index (χ0v) is 26.5. The second kappa shape index (κ2) is 13.3. The molecule has 0 spiro atoms. The second-order valence-corrected chi connectivity index (χ2v) is 24.4. The minimum absolute atomic E-state index is 0.395. The van der Waals surface area contributed by atoms with Gasteiger partial charge >= 0.3 is 0 Å². The predicted molar refractivity (Wildman–Crippen MR) is 174 cm³/mol. The Morgan fingerprint density at radius 2 is 0.730 bits per heavy atom. The van der Waals surface area contributed by atoms with E-state index in [1.165, 1.54) is 45.6 Å². The average Bonchev–Trinajstić information content (AvgIpc) is 2.90. The van der Waals surface area contributed by atoms with Crippen LogP contribution in [0.2, 0.25) is 38.3 Å². The monoisotopic (exact) mass is 558 g/mol. The number of hydrogen-bond acceptors (Lipinski definition) is 1. The van der Waals surface area contributed by atoms with E-state index in [2.05, 4.69) is 148 Å². The number of hydrogen-bond donors (Lipinski definition) is 0. The molecule has 0 saturated carbocycles. The highest BCUT2D eigenvalue weighted by Crippen LogP contribution is 2.41. The van der Waals surface area contributed by atoms with E-state index >= 15 is 0 Å². The molecule has 0 heterocycles. The summed E-state index contributed by atoms with van der Waals surface area (Å²) in [6.07, 6.45) is 2.40. The molecule has 1 nitrogen and oxygen atoms in total. The first kappa shape index (κ1) is 28.1. The van der Waals surface area contributed by atoms with Gasteiger partial charge in [0.25, 0.3) is 0 Å². The molecule has 0 aliphatic rings. The van der Waals surface area contributed by atoms with Gasteiger partial charge in [-0.15, -0.1) is 0 Å². The SMILES string of the molecule is C[Si](C)(C)O[Si](C)(CCP(c1ccccc1)c1ccccc1)CCP(c1ccccc1)c1ccccc1. The summed E-state index contributed by atoms with van der Waals surface area (Å²) >= 11 is 0. The van der Waals surface area contributed by atoms with Gasteiger partial charge in [0, 0.05) is 0 Å². The number of benzene rings is 4. The molecule has 0 aliphatic heterocycles. The maximum absolute atomic E-state index is 7.17. The normalized spacial score (nSPS) is 12.3. The predicted octanol–water partition coefficient (Wildman–Crippen LogP) is 7.68. The van der Waals surface area contributed by atoms with Crippen molar-refractivity contribution in [2.75, 3.05) is 12.3 Å². The summed E-state index contributed by atoms with van der Waals surface area (Å²) in [5, 5.41) is 5.90. The third-order valence-corrected chi connectivity index (χ3v) is 19.5. The molecule has 192 valence electrons. The van der Waals surface area contributed by atoms with E-state index in [0.717, 1.165) is 0 Å². The summed E-state index contributed by atoms with van der Waals surface area (Å²) in [6.45, 7) is 9.63. The van der Waals surface area contributed by atoms with Crippen molar-refractivity contribution in [3.05, 3.63) is 121 Å². The standard InChI is InChI=1S/C32H40OP2Si2/c1-36(2,3)33-37(4,27-25-34(29-17-9-5-10-18-29)30-19-11-6-12-20-30)28-26-35(31-21-13-7-14-22-31)32-23-15-8-16-24-32/h5-24H,25-28H2,1-4H3. The van der Waals surface area contributed by atoms with Gasteiger partial charge in [-0.3, -0.25) is 0 Å². The lowest BCUT2D eigenvalue weighted by molar-refractivity contribution is 0.542. The first-order valence-electron chi connectivity index (χ1n) is 13.3. The Hall–Kier alpha value is -1.87. The molecule has 0 atom stereocenters. The van der Waals surface area contributed by atoms with Crippen LogP contribution in [0, 0.1) is 0 Å². The first-order valence-corrected chi connectivity index (χ1v) is 22.6. The molecule has 4 rings (SSSR count). The molecule has 0 fully saturated rings. The van der Waals surface area contributed by atoms with Crippen LogP contribution in [-0.4, -0.2) is 29.0 Å². The van der Waals surface area contributed by atoms with E-state index in [1.54, 1.807) is 0 Å². The highest BCUT2D eigenvalue weighted by molar-refractivity contribution is 7.73. The van der Waals surface area contributed by atoms with Crippen LogP contribution in [0.4, 0.5) is 0 Å². The van der Waals surface area contributed by atoms with Gasteiger partial charge < -0.3 is 4.12 Å². The van der Waals surface area contributed by atoms with Crippen LogP contribution in [0.5, 0.6) is 0 Å². The van der Waals surface area contributed by atoms with Crippen molar-refractivity contribution in [2.45, 2.75) is 38.3 Å². The van der Waals surface area contributed by atoms with Gasteiger partial charge in [-0.05, 0) is 87.7 Å². The molecule has 5 heteroatoms. The minimum Gasteiger partial charge on any atom is -0.455 e. The highest BCUT2D eigenvalue weighted by Gasteiger charge is 2.36. The van der Waals surface area contributed by atoms with Gasteiger partial charge in [0.05, 0.1) is 0 Å². The van der Waals surface area contributed by atoms with Gasteiger partial charge in [0.2, 0.25) is 0 Å². The molecule has 37 heavy (non-hydrogen) atoms. The second-order valence-electron chi connectivity index (χ2n) is 10.8. The average molecular weight is 559 g/mol. The largest absolute Gasteiger partial charge is 0.455 e. The fraction of sp³-hybridized carbons (Fsp3) is 0.250. The summed E-state index contributed by atoms with van der Waals surface area (Å²) in [4.78, 5) is 0. The molecule has 0 amide bonds. The molecule has 0 bridgehead atoms. The first-order chi connectivity index (χ1) is 17.8. The molecular formula is C32H40OP2Si2. The molecule has 4 aromatic carbocycles. The van der Waals surface area contributed by atoms with Gasteiger partial charge in [-0.1, -0.05) is 121 Å². The minimum atomic E-state index is -1.95. The van der Waals surface area contributed by atoms with Crippen molar-refractivity contribution in [1.82, 2.24) is 0 Å². The molecule has 0 N–H and O–H groups in total. The van der Waals surface area contributed by atoms with E-state index in [-0.39, 0.29) is 0 Å². The number of rotatable bonds is 12. The fourth-order valence-electron chi connectivity index (χ4n) is 4.91. The Morgan fingerprint density at radius 3 is 0.973 bits per heavy atom. The summed E-state index contributed by atoms with van der Waals surface area (Å²) in [7, 11) is -4.42. The van der Waals surface area contributed by atoms with E-state index in [0.29, 0.717) is 0 Å². The van der Waals surface area contributed by atoms with Gasteiger partial charge in [-0.2, -0.15) is 0 Å². The van der Waals surface area contributed by atoms with Crippen LogP contribution in [0.3, 0.4) is 0 Å². The third-order valence-electron chi connectivity index (χ3n) is 6.55. The lowest BCUT2D eigenvalue weighted by Crippen LogP contribution is -2.46. The lowest BCUT2D eigenvalue weighted by atomic mass is 10.4. The fourth-order valence-corrected chi connectivity index (χ4v) is 21.2. The van der Waals surface area contributed by atoms with E-state index in [1.807, 2.05) is 0 Å². The lowest BCUT2D eigenvalue weighted by Gasteiger charge is -2.37. The smallest absolute Gasteiger partial charge is 0.177 e. The van der Waals surface area contributed by atoms with Crippen molar-refractivity contribution in [3.63, 3.8) is 0 Å². The van der Waals surface area contributed by atoms with Crippen molar-refractivity contribution < 1.29 is 4.12 Å². The maximum atomic E-state index is 7.17. The van der Waals surface area contributed by atoms with Crippen molar-refractivity contribution in [3.8, 4) is 0 Å². The Bertz CT molecular complexity index is 1030. The Morgan fingerprint density at radius 1 is 0.459 bits per heavy atom. The zero-order valence-electron chi connectivity index (χ0n) is 22.7. The Kier molecular flexibility index (Phi) is 10.1. The van der Waals surface area contributed by atoms with Crippen LogP contribution in [0.15, 0.2) is 121 Å². The van der Waals surface area contributed by atoms with Crippen LogP contribution in [-0.2, 0) is 4.12 Å². The van der Waals surface area contributed by atoms with Crippen molar-refractivity contribution >= 4 is 53.7 Å². The van der Waals surface area contributed by atoms with Crippen molar-refractivity contribution in [1.29, 1.82) is 0 Å². The highest BCUT2D eigenvalue weighted by atomic mass is 31.1. The molecule has 0 unspecified atom stereocenters. The van der Waals surface area contributed by atoms with Gasteiger partial charge in [-0.25, -0.2) is 0 Å². The van der Waals surface area contributed by atoms with E-state index in [4.69, 9.17) is 4.12 Å². The molecule has 0 saturated heterocycles. The van der Waals surface area contributed by atoms with Crippen LogP contribution < -0.4 is 21.2 Å². The topological polar surface area (TPSA) is 9.23 Å². The zero-order chi connectivity index (χ0) is 26.1. The molecule has 0 radical (unpaired) electrons. The van der Waals surface area contributed by atoms with E-state index in [9.17, 15) is 0 Å². The quantitative estimate of drug-likeness (QED) is 0.128. The summed E-state index contributed by atoms with van der Waals surface area (Å²) in [5.74, 6) is 0. The summed E-state index contributed by atoms with van der Waals surface area (Å²) in [5.41, 5.74) is 0. The van der Waals surface area contributed by atoms with Gasteiger partial charge in [0.1, 0.15) is 0 Å². The van der Waals surface area contributed by atoms with Crippen LogP contribution >= 0.6 is 15.8 Å². The molecule has 4 aromatic rings. The van der Waals surface area contributed by atoms with Crippen LogP contribution in [0.1, 0.15) is 0 Å². The molecule has 0 aliphatic carbocycles. The van der Waals surface area contributed by atoms with Gasteiger partial charge in [0.15, 0.2) is 16.6 Å².